The Morgan fingerprint density at radius 3 is 2.89 bits per heavy atom. The van der Waals surface area contributed by atoms with E-state index in [9.17, 15) is 4.79 Å². The van der Waals surface area contributed by atoms with E-state index in [1.807, 2.05) is 17.8 Å². The van der Waals surface area contributed by atoms with Gasteiger partial charge in [-0.05, 0) is 31.7 Å². The monoisotopic (exact) mass is 279 g/mol. The number of H-pyrrole nitrogens is 1. The van der Waals surface area contributed by atoms with E-state index >= 15 is 0 Å². The maximum absolute atomic E-state index is 11.9. The number of aromatic amines is 1. The molecule has 0 aromatic carbocycles. The molecule has 2 fully saturated rings. The van der Waals surface area contributed by atoms with Crippen molar-refractivity contribution in [2.45, 2.75) is 49.7 Å². The van der Waals surface area contributed by atoms with E-state index in [4.69, 9.17) is 0 Å². The molecular weight excluding hydrogens is 258 g/mol. The first-order chi connectivity index (χ1) is 9.33. The van der Waals surface area contributed by atoms with Crippen LogP contribution in [0.5, 0.6) is 0 Å². The number of hydrogen-bond donors (Lipinski definition) is 2. The molecule has 3 rings (SSSR count). The molecule has 0 bridgehead atoms. The number of nitrogens with zero attached hydrogens (tertiary/aromatic N) is 1. The summed E-state index contributed by atoms with van der Waals surface area (Å²) in [6, 6.07) is 1.90. The first kappa shape index (κ1) is 13.0. The number of nitrogens with one attached hydrogen (secondary N) is 2. The Hall–Kier alpha value is -0.970. The topological polar surface area (TPSA) is 57.8 Å². The first-order valence-electron chi connectivity index (χ1n) is 7.28. The molecule has 104 valence electrons. The molecule has 2 aliphatic carbocycles. The second kappa shape index (κ2) is 5.99. The lowest BCUT2D eigenvalue weighted by molar-refractivity contribution is 0.0951. The molecule has 2 saturated carbocycles. The zero-order chi connectivity index (χ0) is 13.1. The summed E-state index contributed by atoms with van der Waals surface area (Å²) in [6.45, 7) is 0.742. The third-order valence-corrected chi connectivity index (χ3v) is 5.27. The number of carbonyl (C=O) groups excluding carboxylic acids is 1. The van der Waals surface area contributed by atoms with E-state index in [1.54, 1.807) is 0 Å². The molecule has 0 aliphatic heterocycles. The van der Waals surface area contributed by atoms with Gasteiger partial charge in [-0.25, -0.2) is 0 Å². The van der Waals surface area contributed by atoms with Crippen molar-refractivity contribution >= 4 is 17.7 Å². The summed E-state index contributed by atoms with van der Waals surface area (Å²) in [5.74, 6) is 1.58. The van der Waals surface area contributed by atoms with Crippen LogP contribution in [-0.4, -0.2) is 33.7 Å². The summed E-state index contributed by atoms with van der Waals surface area (Å²) >= 11 is 2.00. The highest BCUT2D eigenvalue weighted by atomic mass is 32.2. The standard InChI is InChI=1S/C14H21N3OS/c18-14(13-9-12(16-17-13)10-5-6-10)15-7-8-19-11-3-1-2-4-11/h9-11H,1-8H2,(H,15,18)(H,16,17). The molecule has 0 atom stereocenters. The van der Waals surface area contributed by atoms with Crippen molar-refractivity contribution in [1.82, 2.24) is 15.5 Å². The third kappa shape index (κ3) is 3.53. The number of carbonyl (C=O) groups is 1. The van der Waals surface area contributed by atoms with Gasteiger partial charge < -0.3 is 5.32 Å². The number of aromatic nitrogens is 2. The van der Waals surface area contributed by atoms with Crippen LogP contribution in [0.3, 0.4) is 0 Å². The maximum Gasteiger partial charge on any atom is 0.271 e. The van der Waals surface area contributed by atoms with E-state index in [0.29, 0.717) is 11.6 Å². The van der Waals surface area contributed by atoms with Gasteiger partial charge in [-0.2, -0.15) is 16.9 Å². The van der Waals surface area contributed by atoms with Gasteiger partial charge in [0.2, 0.25) is 0 Å². The Bertz CT molecular complexity index is 436. The van der Waals surface area contributed by atoms with Crippen LogP contribution in [-0.2, 0) is 0 Å². The van der Waals surface area contributed by atoms with Crippen molar-refractivity contribution in [2.75, 3.05) is 12.3 Å². The van der Waals surface area contributed by atoms with E-state index in [2.05, 4.69) is 15.5 Å². The maximum atomic E-state index is 11.9. The Balaban J connectivity index is 1.37. The zero-order valence-corrected chi connectivity index (χ0v) is 12.0. The fourth-order valence-electron chi connectivity index (χ4n) is 2.59. The molecule has 1 heterocycles. The Morgan fingerprint density at radius 1 is 1.37 bits per heavy atom. The van der Waals surface area contributed by atoms with Gasteiger partial charge in [0.15, 0.2) is 0 Å². The number of amides is 1. The third-order valence-electron chi connectivity index (χ3n) is 3.89. The van der Waals surface area contributed by atoms with Crippen LogP contribution in [0.15, 0.2) is 6.07 Å². The van der Waals surface area contributed by atoms with Crippen molar-refractivity contribution in [1.29, 1.82) is 0 Å². The van der Waals surface area contributed by atoms with Crippen molar-refractivity contribution in [3.05, 3.63) is 17.5 Å². The van der Waals surface area contributed by atoms with Crippen molar-refractivity contribution in [3.63, 3.8) is 0 Å². The minimum Gasteiger partial charge on any atom is -0.350 e. The fraction of sp³-hybridized carbons (Fsp3) is 0.714. The van der Waals surface area contributed by atoms with Crippen molar-refractivity contribution in [2.24, 2.45) is 0 Å². The predicted octanol–water partition coefficient (Wildman–Crippen LogP) is 2.69. The van der Waals surface area contributed by atoms with Crippen molar-refractivity contribution < 1.29 is 4.79 Å². The minimum absolute atomic E-state index is 0.0461. The largest absolute Gasteiger partial charge is 0.350 e. The number of thioether (sulfide) groups is 1. The highest BCUT2D eigenvalue weighted by Crippen LogP contribution is 2.38. The molecule has 2 N–H and O–H groups in total. The normalized spacial score (nSPS) is 19.8. The average molecular weight is 279 g/mol. The summed E-state index contributed by atoms with van der Waals surface area (Å²) < 4.78 is 0. The number of hydrogen-bond acceptors (Lipinski definition) is 3. The molecule has 1 aromatic rings. The first-order valence-corrected chi connectivity index (χ1v) is 8.33. The van der Waals surface area contributed by atoms with Crippen LogP contribution in [0.4, 0.5) is 0 Å². The van der Waals surface area contributed by atoms with Crippen LogP contribution in [0, 0.1) is 0 Å². The lowest BCUT2D eigenvalue weighted by Crippen LogP contribution is -2.26. The molecule has 1 aromatic heterocycles. The quantitative estimate of drug-likeness (QED) is 0.787. The van der Waals surface area contributed by atoms with Gasteiger partial charge >= 0.3 is 0 Å². The molecule has 0 unspecified atom stereocenters. The highest BCUT2D eigenvalue weighted by Gasteiger charge is 2.26. The van der Waals surface area contributed by atoms with E-state index in [-0.39, 0.29) is 5.91 Å². The Morgan fingerprint density at radius 2 is 2.16 bits per heavy atom. The summed E-state index contributed by atoms with van der Waals surface area (Å²) in [6.07, 6.45) is 7.90. The van der Waals surface area contributed by atoms with Gasteiger partial charge in [0.25, 0.3) is 5.91 Å². The van der Waals surface area contributed by atoms with Gasteiger partial charge in [0, 0.05) is 29.2 Å². The molecule has 19 heavy (non-hydrogen) atoms. The van der Waals surface area contributed by atoms with E-state index in [0.717, 1.165) is 23.2 Å². The molecule has 4 nitrogen and oxygen atoms in total. The smallest absolute Gasteiger partial charge is 0.271 e. The molecule has 0 radical (unpaired) electrons. The zero-order valence-electron chi connectivity index (χ0n) is 11.2. The molecular formula is C14H21N3OS. The van der Waals surface area contributed by atoms with Gasteiger partial charge in [-0.15, -0.1) is 0 Å². The SMILES string of the molecule is O=C(NCCSC1CCCC1)c1cc(C2CC2)[nH]n1. The second-order valence-corrected chi connectivity index (χ2v) is 6.92. The van der Waals surface area contributed by atoms with E-state index in [1.165, 1.54) is 38.5 Å². The van der Waals surface area contributed by atoms with Gasteiger partial charge in [0.1, 0.15) is 5.69 Å². The Labute approximate surface area is 118 Å². The van der Waals surface area contributed by atoms with Gasteiger partial charge in [0.05, 0.1) is 0 Å². The van der Waals surface area contributed by atoms with Crippen LogP contribution < -0.4 is 5.32 Å². The summed E-state index contributed by atoms with van der Waals surface area (Å²) in [7, 11) is 0. The van der Waals surface area contributed by atoms with Crippen LogP contribution in [0.25, 0.3) is 0 Å². The molecule has 0 saturated heterocycles. The number of rotatable bonds is 6. The lowest BCUT2D eigenvalue weighted by Gasteiger charge is -2.08. The molecule has 0 spiro atoms. The summed E-state index contributed by atoms with van der Waals surface area (Å²) in [5, 5.41) is 10.8. The average Bonchev–Trinajstić information content (AvgIpc) is 2.95. The van der Waals surface area contributed by atoms with Crippen LogP contribution in [0.2, 0.25) is 0 Å². The Kier molecular flexibility index (Phi) is 4.11. The minimum atomic E-state index is -0.0461. The lowest BCUT2D eigenvalue weighted by atomic mass is 10.2. The molecule has 1 amide bonds. The summed E-state index contributed by atoms with van der Waals surface area (Å²) in [5.41, 5.74) is 1.65. The molecule has 5 heteroatoms. The fourth-order valence-corrected chi connectivity index (χ4v) is 3.81. The predicted molar refractivity (Wildman–Crippen MR) is 77.6 cm³/mol. The summed E-state index contributed by atoms with van der Waals surface area (Å²) in [4.78, 5) is 11.9. The van der Waals surface area contributed by atoms with E-state index < -0.39 is 0 Å². The highest BCUT2D eigenvalue weighted by molar-refractivity contribution is 7.99. The van der Waals surface area contributed by atoms with Gasteiger partial charge in [-0.3, -0.25) is 9.89 Å². The van der Waals surface area contributed by atoms with Crippen LogP contribution >= 0.6 is 11.8 Å². The van der Waals surface area contributed by atoms with Crippen molar-refractivity contribution in [3.8, 4) is 0 Å². The van der Waals surface area contributed by atoms with Crippen LogP contribution in [0.1, 0.15) is 60.6 Å². The van der Waals surface area contributed by atoms with Gasteiger partial charge in [-0.1, -0.05) is 12.8 Å². The molecule has 2 aliphatic rings. The second-order valence-electron chi connectivity index (χ2n) is 5.52.